The number of rotatable bonds is 2. The number of aromatic nitrogens is 2. The van der Waals surface area contributed by atoms with Crippen molar-refractivity contribution in [1.29, 1.82) is 0 Å². The van der Waals surface area contributed by atoms with E-state index in [1.165, 1.54) is 0 Å². The zero-order valence-electron chi connectivity index (χ0n) is 8.52. The molecule has 0 fully saturated rings. The molecule has 0 bridgehead atoms. The van der Waals surface area contributed by atoms with E-state index < -0.39 is 0 Å². The fourth-order valence-corrected chi connectivity index (χ4v) is 1.33. The van der Waals surface area contributed by atoms with Gasteiger partial charge in [-0.1, -0.05) is 6.07 Å². The minimum Gasteiger partial charge on any atom is -0.516 e. The van der Waals surface area contributed by atoms with Crippen LogP contribution in [-0.4, -0.2) is 16.7 Å². The van der Waals surface area contributed by atoms with Crippen molar-refractivity contribution in [3.05, 3.63) is 36.7 Å². The molecule has 0 N–H and O–H groups in total. The molecule has 0 aliphatic carbocycles. The third-order valence-electron chi connectivity index (χ3n) is 2.07. The molecule has 1 radical (unpaired) electrons. The van der Waals surface area contributed by atoms with Crippen LogP contribution in [0.25, 0.3) is 11.4 Å². The summed E-state index contributed by atoms with van der Waals surface area (Å²) >= 11 is 0. The first-order valence-electron chi connectivity index (χ1n) is 4.34. The molecule has 81 valence electrons. The largest absolute Gasteiger partial charge is 0.516 e. The van der Waals surface area contributed by atoms with Crippen molar-refractivity contribution in [2.24, 2.45) is 7.05 Å². The quantitative estimate of drug-likeness (QED) is 0.746. The van der Waals surface area contributed by atoms with Crippen molar-refractivity contribution in [2.75, 3.05) is 7.11 Å². The van der Waals surface area contributed by atoms with E-state index in [-0.39, 0.29) is 20.1 Å². The number of hydrogen-bond acceptors (Lipinski definition) is 2. The topological polar surface area (TPSA) is 27.1 Å². The summed E-state index contributed by atoms with van der Waals surface area (Å²) in [5.74, 6) is 1.71. The number of aryl methyl sites for hydroxylation is 1. The Morgan fingerprint density at radius 1 is 1.47 bits per heavy atom. The third-order valence-corrected chi connectivity index (χ3v) is 2.07. The first-order valence-corrected chi connectivity index (χ1v) is 4.34. The molecule has 0 saturated heterocycles. The number of nitrogens with zero attached hydrogens (tertiary/aromatic N) is 2. The maximum absolute atomic E-state index is 5.14. The molecule has 1 heterocycles. The number of benzene rings is 1. The minimum atomic E-state index is 0. The second-order valence-corrected chi connectivity index (χ2v) is 3.00. The number of imidazole rings is 1. The van der Waals surface area contributed by atoms with Crippen LogP contribution in [0, 0.1) is 6.07 Å². The molecule has 0 saturated carbocycles. The summed E-state index contributed by atoms with van der Waals surface area (Å²) in [6.07, 6.45) is 3.67. The fourth-order valence-electron chi connectivity index (χ4n) is 1.33. The molecule has 2 rings (SSSR count). The normalized spacial score (nSPS) is 9.47. The zero-order chi connectivity index (χ0) is 9.97. The van der Waals surface area contributed by atoms with Gasteiger partial charge in [0.1, 0.15) is 0 Å². The second-order valence-electron chi connectivity index (χ2n) is 3.00. The molecule has 4 heteroatoms. The van der Waals surface area contributed by atoms with Crippen LogP contribution in [0.1, 0.15) is 0 Å². The molecule has 0 atom stereocenters. The molecular formula is C11H11IrN2O-. The molecule has 3 nitrogen and oxygen atoms in total. The van der Waals surface area contributed by atoms with E-state index in [0.717, 1.165) is 17.1 Å². The molecule has 0 aliphatic heterocycles. The van der Waals surface area contributed by atoms with Crippen molar-refractivity contribution in [3.8, 4) is 17.1 Å². The van der Waals surface area contributed by atoms with Gasteiger partial charge in [0.2, 0.25) is 0 Å². The average Bonchev–Trinajstić information content (AvgIpc) is 2.65. The summed E-state index contributed by atoms with van der Waals surface area (Å²) in [6.45, 7) is 0. The van der Waals surface area contributed by atoms with E-state index in [2.05, 4.69) is 11.1 Å². The summed E-state index contributed by atoms with van der Waals surface area (Å²) in [7, 11) is 3.60. The molecule has 0 unspecified atom stereocenters. The molecular weight excluding hydrogens is 368 g/mol. The van der Waals surface area contributed by atoms with Gasteiger partial charge in [0.15, 0.2) is 0 Å². The average molecular weight is 379 g/mol. The van der Waals surface area contributed by atoms with Gasteiger partial charge in [0.05, 0.1) is 12.9 Å². The Hall–Kier alpha value is -1.12. The molecule has 15 heavy (non-hydrogen) atoms. The summed E-state index contributed by atoms with van der Waals surface area (Å²) in [6, 6.07) is 8.75. The predicted octanol–water partition coefficient (Wildman–Crippen LogP) is 1.89. The van der Waals surface area contributed by atoms with E-state index >= 15 is 0 Å². The smallest absolute Gasteiger partial charge is 0.0751 e. The first kappa shape index (κ1) is 12.0. The van der Waals surface area contributed by atoms with Gasteiger partial charge in [0, 0.05) is 45.3 Å². The van der Waals surface area contributed by atoms with Crippen molar-refractivity contribution in [2.45, 2.75) is 0 Å². The summed E-state index contributed by atoms with van der Waals surface area (Å²) < 4.78 is 7.09. The Kier molecular flexibility index (Phi) is 4.06. The van der Waals surface area contributed by atoms with E-state index in [1.54, 1.807) is 13.3 Å². The Labute approximate surface area is 102 Å². The SMILES string of the molecule is COc1cc[c-]c(-c2nccn2C)c1.[Ir]. The van der Waals surface area contributed by atoms with Gasteiger partial charge >= 0.3 is 0 Å². The first-order chi connectivity index (χ1) is 6.81. The fraction of sp³-hybridized carbons (Fsp3) is 0.182. The van der Waals surface area contributed by atoms with Crippen LogP contribution in [-0.2, 0) is 27.2 Å². The van der Waals surface area contributed by atoms with Crippen LogP contribution in [0.2, 0.25) is 0 Å². The second kappa shape index (κ2) is 5.10. The van der Waals surface area contributed by atoms with Crippen LogP contribution >= 0.6 is 0 Å². The van der Waals surface area contributed by atoms with E-state index in [9.17, 15) is 0 Å². The molecule has 1 aromatic carbocycles. The molecule has 2 aromatic rings. The molecule has 0 spiro atoms. The third kappa shape index (κ3) is 2.46. The van der Waals surface area contributed by atoms with Crippen molar-refractivity contribution < 1.29 is 24.8 Å². The summed E-state index contributed by atoms with van der Waals surface area (Å²) in [4.78, 5) is 4.24. The Bertz CT molecular complexity index is 440. The Morgan fingerprint density at radius 3 is 2.87 bits per heavy atom. The van der Waals surface area contributed by atoms with Crippen molar-refractivity contribution in [1.82, 2.24) is 9.55 Å². The number of hydrogen-bond donors (Lipinski definition) is 0. The Balaban J connectivity index is 0.00000112. The van der Waals surface area contributed by atoms with Gasteiger partial charge in [-0.15, -0.1) is 23.8 Å². The standard InChI is InChI=1S/C11H11N2O.Ir/c1-13-7-6-12-11(13)9-4-3-5-10(8-9)14-2;/h3,5-8H,1-2H3;/q-1;. The summed E-state index contributed by atoms with van der Waals surface area (Å²) in [5, 5.41) is 0. The maximum Gasteiger partial charge on any atom is 0.0751 e. The van der Waals surface area contributed by atoms with Crippen LogP contribution in [0.15, 0.2) is 30.6 Å². The maximum atomic E-state index is 5.14. The van der Waals surface area contributed by atoms with Crippen LogP contribution < -0.4 is 4.74 Å². The van der Waals surface area contributed by atoms with Crippen LogP contribution in [0.5, 0.6) is 5.75 Å². The zero-order valence-corrected chi connectivity index (χ0v) is 10.9. The van der Waals surface area contributed by atoms with E-state index in [4.69, 9.17) is 4.74 Å². The van der Waals surface area contributed by atoms with Gasteiger partial charge < -0.3 is 9.30 Å². The number of ether oxygens (including phenoxy) is 1. The van der Waals surface area contributed by atoms with Crippen molar-refractivity contribution in [3.63, 3.8) is 0 Å². The van der Waals surface area contributed by atoms with Gasteiger partial charge in [0.25, 0.3) is 0 Å². The molecule has 0 aliphatic rings. The van der Waals surface area contributed by atoms with Crippen LogP contribution in [0.4, 0.5) is 0 Å². The van der Waals surface area contributed by atoms with Gasteiger partial charge in [-0.25, -0.2) is 0 Å². The minimum absolute atomic E-state index is 0. The van der Waals surface area contributed by atoms with Crippen molar-refractivity contribution >= 4 is 0 Å². The Morgan fingerprint density at radius 2 is 2.27 bits per heavy atom. The molecule has 0 amide bonds. The number of methoxy groups -OCH3 is 1. The van der Waals surface area contributed by atoms with E-state index in [1.807, 2.05) is 36.0 Å². The van der Waals surface area contributed by atoms with Crippen LogP contribution in [0.3, 0.4) is 0 Å². The molecule has 1 aromatic heterocycles. The summed E-state index contributed by atoms with van der Waals surface area (Å²) in [5.41, 5.74) is 0.942. The monoisotopic (exact) mass is 380 g/mol. The van der Waals surface area contributed by atoms with Gasteiger partial charge in [-0.3, -0.25) is 4.98 Å². The predicted molar refractivity (Wildman–Crippen MR) is 54.0 cm³/mol. The van der Waals surface area contributed by atoms with Gasteiger partial charge in [-0.2, -0.15) is 0 Å². The van der Waals surface area contributed by atoms with E-state index in [0.29, 0.717) is 0 Å². The van der Waals surface area contributed by atoms with Gasteiger partial charge in [-0.05, 0) is 0 Å².